The SMILES string of the molecule is CCOCC(C)N1CCCC2(CCCNC2)C1. The lowest BCUT2D eigenvalue weighted by Gasteiger charge is -2.47. The zero-order valence-corrected chi connectivity index (χ0v) is 11.5. The minimum absolute atomic E-state index is 0.566. The fourth-order valence-electron chi connectivity index (χ4n) is 3.39. The van der Waals surface area contributed by atoms with E-state index in [1.807, 2.05) is 0 Å². The molecule has 0 aromatic carbocycles. The van der Waals surface area contributed by atoms with Crippen molar-refractivity contribution in [3.63, 3.8) is 0 Å². The summed E-state index contributed by atoms with van der Waals surface area (Å²) >= 11 is 0. The van der Waals surface area contributed by atoms with Gasteiger partial charge in [0.25, 0.3) is 0 Å². The Kier molecular flexibility index (Phi) is 4.83. The molecule has 2 aliphatic heterocycles. The summed E-state index contributed by atoms with van der Waals surface area (Å²) < 4.78 is 5.57. The molecular formula is C14H28N2O. The number of rotatable bonds is 4. The van der Waals surface area contributed by atoms with Crippen molar-refractivity contribution in [2.45, 2.75) is 45.6 Å². The smallest absolute Gasteiger partial charge is 0.0618 e. The van der Waals surface area contributed by atoms with Crippen molar-refractivity contribution in [1.82, 2.24) is 10.2 Å². The molecule has 2 fully saturated rings. The highest BCUT2D eigenvalue weighted by Gasteiger charge is 2.37. The van der Waals surface area contributed by atoms with Crippen LogP contribution in [0, 0.1) is 5.41 Å². The molecule has 0 aromatic heterocycles. The van der Waals surface area contributed by atoms with Crippen LogP contribution in [0.4, 0.5) is 0 Å². The van der Waals surface area contributed by atoms with Crippen LogP contribution in [0.3, 0.4) is 0 Å². The van der Waals surface area contributed by atoms with Crippen LogP contribution in [0.5, 0.6) is 0 Å². The van der Waals surface area contributed by atoms with Gasteiger partial charge in [-0.3, -0.25) is 4.90 Å². The molecular weight excluding hydrogens is 212 g/mol. The highest BCUT2D eigenvalue weighted by Crippen LogP contribution is 2.36. The normalized spacial score (nSPS) is 32.8. The Balaban J connectivity index is 1.87. The van der Waals surface area contributed by atoms with Crippen LogP contribution in [-0.4, -0.2) is 50.3 Å². The van der Waals surface area contributed by atoms with Gasteiger partial charge in [-0.25, -0.2) is 0 Å². The number of nitrogens with zero attached hydrogens (tertiary/aromatic N) is 1. The van der Waals surface area contributed by atoms with Crippen LogP contribution in [0.25, 0.3) is 0 Å². The molecule has 3 nitrogen and oxygen atoms in total. The number of piperidine rings is 2. The molecule has 2 saturated heterocycles. The van der Waals surface area contributed by atoms with E-state index >= 15 is 0 Å². The summed E-state index contributed by atoms with van der Waals surface area (Å²) in [5, 5.41) is 3.59. The van der Waals surface area contributed by atoms with E-state index in [1.54, 1.807) is 0 Å². The van der Waals surface area contributed by atoms with Gasteiger partial charge >= 0.3 is 0 Å². The second-order valence-electron chi connectivity index (χ2n) is 5.86. The van der Waals surface area contributed by atoms with Gasteiger partial charge < -0.3 is 10.1 Å². The highest BCUT2D eigenvalue weighted by molar-refractivity contribution is 4.92. The molecule has 2 aliphatic rings. The number of likely N-dealkylation sites (tertiary alicyclic amines) is 1. The molecule has 17 heavy (non-hydrogen) atoms. The number of nitrogens with one attached hydrogen (secondary N) is 1. The Morgan fingerprint density at radius 3 is 2.88 bits per heavy atom. The Morgan fingerprint density at radius 2 is 2.18 bits per heavy atom. The maximum atomic E-state index is 5.57. The summed E-state index contributed by atoms with van der Waals surface area (Å²) in [7, 11) is 0. The summed E-state index contributed by atoms with van der Waals surface area (Å²) in [4.78, 5) is 2.64. The van der Waals surface area contributed by atoms with Gasteiger partial charge in [-0.15, -0.1) is 0 Å². The van der Waals surface area contributed by atoms with Gasteiger partial charge in [0, 0.05) is 25.7 Å². The minimum atomic E-state index is 0.566. The fourth-order valence-corrected chi connectivity index (χ4v) is 3.39. The molecule has 2 unspecified atom stereocenters. The summed E-state index contributed by atoms with van der Waals surface area (Å²) in [5.41, 5.74) is 0.566. The van der Waals surface area contributed by atoms with Gasteiger partial charge in [0.2, 0.25) is 0 Å². The fraction of sp³-hybridized carbons (Fsp3) is 1.00. The van der Waals surface area contributed by atoms with E-state index in [9.17, 15) is 0 Å². The Hall–Kier alpha value is -0.120. The van der Waals surface area contributed by atoms with E-state index in [4.69, 9.17) is 4.74 Å². The van der Waals surface area contributed by atoms with E-state index in [-0.39, 0.29) is 0 Å². The summed E-state index contributed by atoms with van der Waals surface area (Å²) in [6.45, 7) is 11.1. The van der Waals surface area contributed by atoms with Gasteiger partial charge in [-0.2, -0.15) is 0 Å². The van der Waals surface area contributed by atoms with E-state index in [0.717, 1.165) is 13.2 Å². The molecule has 1 N–H and O–H groups in total. The van der Waals surface area contributed by atoms with Crippen molar-refractivity contribution in [2.75, 3.05) is 39.4 Å². The van der Waals surface area contributed by atoms with Crippen molar-refractivity contribution in [3.8, 4) is 0 Å². The lowest BCUT2D eigenvalue weighted by molar-refractivity contribution is 0.00874. The molecule has 0 amide bonds. The van der Waals surface area contributed by atoms with E-state index < -0.39 is 0 Å². The monoisotopic (exact) mass is 240 g/mol. The van der Waals surface area contributed by atoms with Crippen molar-refractivity contribution >= 4 is 0 Å². The number of hydrogen-bond donors (Lipinski definition) is 1. The van der Waals surface area contributed by atoms with Crippen molar-refractivity contribution in [3.05, 3.63) is 0 Å². The molecule has 0 saturated carbocycles. The predicted molar refractivity (Wildman–Crippen MR) is 71.3 cm³/mol. The second kappa shape index (κ2) is 6.17. The van der Waals surface area contributed by atoms with Crippen molar-refractivity contribution in [2.24, 2.45) is 5.41 Å². The van der Waals surface area contributed by atoms with Crippen LogP contribution < -0.4 is 5.32 Å². The van der Waals surface area contributed by atoms with Gasteiger partial charge in [-0.1, -0.05) is 0 Å². The molecule has 2 atom stereocenters. The topological polar surface area (TPSA) is 24.5 Å². The van der Waals surface area contributed by atoms with Gasteiger partial charge in [-0.05, 0) is 58.0 Å². The van der Waals surface area contributed by atoms with Gasteiger partial charge in [0.1, 0.15) is 0 Å². The average molecular weight is 240 g/mol. The van der Waals surface area contributed by atoms with Crippen LogP contribution in [0.2, 0.25) is 0 Å². The molecule has 2 rings (SSSR count). The maximum Gasteiger partial charge on any atom is 0.0618 e. The minimum Gasteiger partial charge on any atom is -0.380 e. The molecule has 0 aliphatic carbocycles. The first kappa shape index (κ1) is 13.3. The first-order valence-electron chi connectivity index (χ1n) is 7.28. The lowest BCUT2D eigenvalue weighted by Crippen LogP contribution is -2.53. The maximum absolute atomic E-state index is 5.57. The third kappa shape index (κ3) is 3.43. The molecule has 3 heteroatoms. The summed E-state index contributed by atoms with van der Waals surface area (Å²) in [5.74, 6) is 0. The molecule has 2 heterocycles. The molecule has 100 valence electrons. The zero-order chi connectivity index (χ0) is 12.1. The Bertz CT molecular complexity index is 221. The average Bonchev–Trinajstić information content (AvgIpc) is 2.37. The zero-order valence-electron chi connectivity index (χ0n) is 11.5. The van der Waals surface area contributed by atoms with E-state index in [0.29, 0.717) is 11.5 Å². The van der Waals surface area contributed by atoms with Gasteiger partial charge in [0.05, 0.1) is 6.61 Å². The summed E-state index contributed by atoms with van der Waals surface area (Å²) in [6.07, 6.45) is 5.54. The predicted octanol–water partition coefficient (Wildman–Crippen LogP) is 1.88. The molecule has 0 bridgehead atoms. The standard InChI is InChI=1S/C14H28N2O/c1-3-17-10-13(2)16-9-5-7-14(12-16)6-4-8-15-11-14/h13,15H,3-12H2,1-2H3. The highest BCUT2D eigenvalue weighted by atomic mass is 16.5. The molecule has 0 radical (unpaired) electrons. The van der Waals surface area contributed by atoms with E-state index in [2.05, 4.69) is 24.1 Å². The quantitative estimate of drug-likeness (QED) is 0.812. The lowest BCUT2D eigenvalue weighted by atomic mass is 9.74. The van der Waals surface area contributed by atoms with Crippen molar-refractivity contribution < 1.29 is 4.74 Å². The largest absolute Gasteiger partial charge is 0.380 e. The number of hydrogen-bond acceptors (Lipinski definition) is 3. The first-order chi connectivity index (χ1) is 8.26. The van der Waals surface area contributed by atoms with Crippen LogP contribution in [-0.2, 0) is 4.74 Å². The van der Waals surface area contributed by atoms with Crippen LogP contribution >= 0.6 is 0 Å². The van der Waals surface area contributed by atoms with Crippen molar-refractivity contribution in [1.29, 1.82) is 0 Å². The second-order valence-corrected chi connectivity index (χ2v) is 5.86. The Labute approximate surface area is 106 Å². The van der Waals surface area contributed by atoms with Gasteiger partial charge in [0.15, 0.2) is 0 Å². The van der Waals surface area contributed by atoms with E-state index in [1.165, 1.54) is 51.9 Å². The van der Waals surface area contributed by atoms with Crippen LogP contribution in [0.15, 0.2) is 0 Å². The van der Waals surface area contributed by atoms with Crippen LogP contribution in [0.1, 0.15) is 39.5 Å². The molecule has 0 aromatic rings. The third-order valence-electron chi connectivity index (χ3n) is 4.44. The molecule has 1 spiro atoms. The third-order valence-corrected chi connectivity index (χ3v) is 4.44. The summed E-state index contributed by atoms with van der Waals surface area (Å²) in [6, 6.07) is 0.578. The number of ether oxygens (including phenoxy) is 1. The first-order valence-corrected chi connectivity index (χ1v) is 7.28. The Morgan fingerprint density at radius 1 is 1.35 bits per heavy atom.